The fourth-order valence-electron chi connectivity index (χ4n) is 2.62. The molecule has 3 nitrogen and oxygen atoms in total. The maximum absolute atomic E-state index is 12.2. The van der Waals surface area contributed by atoms with Crippen LogP contribution in [0.25, 0.3) is 0 Å². The Morgan fingerprint density at radius 3 is 0.970 bits per heavy atom. The van der Waals surface area contributed by atoms with Gasteiger partial charge in [-0.1, -0.05) is 46.4 Å². The Morgan fingerprint density at radius 2 is 0.697 bits per heavy atom. The molecule has 0 aliphatic carbocycles. The van der Waals surface area contributed by atoms with Gasteiger partial charge in [0, 0.05) is 29.9 Å². The molecule has 0 radical (unpaired) electrons. The Bertz CT molecular complexity index is 1240. The van der Waals surface area contributed by atoms with Crippen molar-refractivity contribution in [2.45, 2.75) is 19.6 Å². The maximum Gasteiger partial charge on any atom is 0.206 e. The van der Waals surface area contributed by atoms with Crippen molar-refractivity contribution in [3.8, 4) is 0 Å². The van der Waals surface area contributed by atoms with Crippen molar-refractivity contribution in [2.24, 2.45) is 0 Å². The highest BCUT2D eigenvalue weighted by Crippen LogP contribution is 2.24. The number of hydrogen-bond donors (Lipinski definition) is 0. The van der Waals surface area contributed by atoms with Crippen molar-refractivity contribution in [2.75, 3.05) is 0 Å². The first-order valence-corrected chi connectivity index (χ1v) is 13.5. The largest absolute Gasteiger partial charge is 0.249 e. The molecule has 4 aromatic rings. The standard InChI is InChI=1S/C12H8Cl2O2S.C12H8Cl2OS/c13-9-1-5-11(6-2-9)17(15,16)12-7-3-10(14)4-8-12;13-9-1-5-11(6-2-9)16(15)12-7-3-10(14)4-8-12/h1-8H;1-8H. The summed E-state index contributed by atoms with van der Waals surface area (Å²) in [6, 6.07) is 26.0. The minimum atomic E-state index is -3.49. The average Bonchev–Trinajstić information content (AvgIpc) is 2.81. The molecule has 33 heavy (non-hydrogen) atoms. The van der Waals surface area contributed by atoms with E-state index >= 15 is 0 Å². The number of rotatable bonds is 4. The lowest BCUT2D eigenvalue weighted by Crippen LogP contribution is -2.01. The summed E-state index contributed by atoms with van der Waals surface area (Å²) in [6.45, 7) is 0. The van der Waals surface area contributed by atoms with Crippen molar-refractivity contribution in [3.05, 3.63) is 117 Å². The van der Waals surface area contributed by atoms with Crippen molar-refractivity contribution in [1.29, 1.82) is 0 Å². The highest BCUT2D eigenvalue weighted by molar-refractivity contribution is 7.91. The summed E-state index contributed by atoms with van der Waals surface area (Å²) >= 11 is 23.0. The molecule has 0 N–H and O–H groups in total. The van der Waals surface area contributed by atoms with Gasteiger partial charge in [-0.25, -0.2) is 12.6 Å². The van der Waals surface area contributed by atoms with E-state index in [4.69, 9.17) is 46.4 Å². The molecule has 9 heteroatoms. The summed E-state index contributed by atoms with van der Waals surface area (Å²) in [4.78, 5) is 1.88. The van der Waals surface area contributed by atoms with E-state index < -0.39 is 20.6 Å². The zero-order valence-electron chi connectivity index (χ0n) is 16.8. The van der Waals surface area contributed by atoms with Gasteiger partial charge in [-0.05, 0) is 97.1 Å². The van der Waals surface area contributed by atoms with Crippen LogP contribution in [0.4, 0.5) is 0 Å². The predicted octanol–water partition coefficient (Wildman–Crippen LogP) is 7.99. The molecule has 170 valence electrons. The van der Waals surface area contributed by atoms with Gasteiger partial charge in [0.05, 0.1) is 20.6 Å². The number of hydrogen-bond acceptors (Lipinski definition) is 3. The van der Waals surface area contributed by atoms with Crippen LogP contribution >= 0.6 is 46.4 Å². The van der Waals surface area contributed by atoms with Crippen LogP contribution in [0.15, 0.2) is 117 Å². The Kier molecular flexibility index (Phi) is 8.99. The summed E-state index contributed by atoms with van der Waals surface area (Å²) < 4.78 is 36.4. The molecule has 0 heterocycles. The second-order valence-electron chi connectivity index (χ2n) is 6.59. The number of sulfone groups is 1. The quantitative estimate of drug-likeness (QED) is 0.255. The highest BCUT2D eigenvalue weighted by Gasteiger charge is 2.17. The van der Waals surface area contributed by atoms with E-state index in [1.807, 2.05) is 0 Å². The fraction of sp³-hybridized carbons (Fsp3) is 0. The normalized spacial score (nSPS) is 11.1. The van der Waals surface area contributed by atoms with E-state index in [-0.39, 0.29) is 9.79 Å². The molecule has 4 aromatic carbocycles. The van der Waals surface area contributed by atoms with Crippen LogP contribution in [0.3, 0.4) is 0 Å². The van der Waals surface area contributed by atoms with Gasteiger partial charge in [0.25, 0.3) is 0 Å². The van der Waals surface area contributed by atoms with Crippen molar-refractivity contribution >= 4 is 67.0 Å². The van der Waals surface area contributed by atoms with E-state index in [9.17, 15) is 12.6 Å². The molecule has 0 bridgehead atoms. The monoisotopic (exact) mass is 556 g/mol. The van der Waals surface area contributed by atoms with Gasteiger partial charge in [-0.2, -0.15) is 0 Å². The topological polar surface area (TPSA) is 51.2 Å². The summed E-state index contributed by atoms with van der Waals surface area (Å²) in [5.74, 6) is 0. The third-order valence-corrected chi connectivity index (χ3v) is 8.50. The molecule has 4 rings (SSSR count). The Morgan fingerprint density at radius 1 is 0.455 bits per heavy atom. The molecule has 0 saturated heterocycles. The zero-order valence-corrected chi connectivity index (χ0v) is 21.4. The Labute approximate surface area is 215 Å². The lowest BCUT2D eigenvalue weighted by molar-refractivity contribution is 0.596. The van der Waals surface area contributed by atoms with Crippen LogP contribution < -0.4 is 0 Å². The molecule has 0 aliphatic heterocycles. The van der Waals surface area contributed by atoms with E-state index in [0.717, 1.165) is 9.79 Å². The van der Waals surface area contributed by atoms with E-state index in [1.165, 1.54) is 24.3 Å². The van der Waals surface area contributed by atoms with E-state index in [2.05, 4.69) is 0 Å². The Balaban J connectivity index is 0.000000186. The molecular weight excluding hydrogens is 542 g/mol. The predicted molar refractivity (Wildman–Crippen MR) is 136 cm³/mol. The lowest BCUT2D eigenvalue weighted by atomic mass is 10.4. The first-order chi connectivity index (χ1) is 15.7. The summed E-state index contributed by atoms with van der Waals surface area (Å²) in [5, 5.41) is 2.27. The summed E-state index contributed by atoms with van der Waals surface area (Å²) in [6.07, 6.45) is 0. The second-order valence-corrected chi connectivity index (χ2v) is 11.8. The average molecular weight is 558 g/mol. The third kappa shape index (κ3) is 7.06. The molecule has 0 atom stereocenters. The van der Waals surface area contributed by atoms with Gasteiger partial charge in [0.15, 0.2) is 0 Å². The van der Waals surface area contributed by atoms with Crippen LogP contribution in [-0.4, -0.2) is 12.6 Å². The van der Waals surface area contributed by atoms with Gasteiger partial charge < -0.3 is 0 Å². The third-order valence-electron chi connectivity index (χ3n) is 4.30. The molecule has 0 spiro atoms. The van der Waals surface area contributed by atoms with E-state index in [1.54, 1.807) is 72.8 Å². The molecule has 0 saturated carbocycles. The molecule has 0 aromatic heterocycles. The minimum absolute atomic E-state index is 0.212. The minimum Gasteiger partial charge on any atom is -0.249 e. The lowest BCUT2D eigenvalue weighted by Gasteiger charge is -2.04. The molecule has 0 fully saturated rings. The van der Waals surface area contributed by atoms with Gasteiger partial charge in [-0.3, -0.25) is 0 Å². The number of benzene rings is 4. The SMILES string of the molecule is O=S(=O)(c1ccc(Cl)cc1)c1ccc(Cl)cc1.O=S(c1ccc(Cl)cc1)c1ccc(Cl)cc1. The van der Waals surface area contributed by atoms with Gasteiger partial charge in [-0.15, -0.1) is 0 Å². The van der Waals surface area contributed by atoms with Crippen molar-refractivity contribution in [3.63, 3.8) is 0 Å². The summed E-state index contributed by atoms with van der Waals surface area (Å²) in [5.41, 5.74) is 0. The highest BCUT2D eigenvalue weighted by atomic mass is 35.5. The smallest absolute Gasteiger partial charge is 0.206 e. The van der Waals surface area contributed by atoms with Crippen LogP contribution in [0.2, 0.25) is 20.1 Å². The van der Waals surface area contributed by atoms with Crippen LogP contribution in [0.5, 0.6) is 0 Å². The first-order valence-electron chi connectivity index (χ1n) is 9.36. The molecule has 0 amide bonds. The number of halogens is 4. The maximum atomic E-state index is 12.2. The molecular formula is C24H16Cl4O3S2. The first kappa shape index (κ1) is 25.8. The molecule has 0 aliphatic rings. The van der Waals surface area contributed by atoms with Crippen LogP contribution in [0.1, 0.15) is 0 Å². The summed E-state index contributed by atoms with van der Waals surface area (Å²) in [7, 11) is -4.67. The molecule has 0 unspecified atom stereocenters. The second kappa shape index (κ2) is 11.5. The van der Waals surface area contributed by atoms with Crippen LogP contribution in [0, 0.1) is 0 Å². The van der Waals surface area contributed by atoms with Crippen molar-refractivity contribution in [1.82, 2.24) is 0 Å². The van der Waals surface area contributed by atoms with E-state index in [0.29, 0.717) is 20.1 Å². The zero-order chi connectivity index (χ0) is 24.0. The fourth-order valence-corrected chi connectivity index (χ4v) is 5.42. The van der Waals surface area contributed by atoms with Gasteiger partial charge >= 0.3 is 0 Å². The van der Waals surface area contributed by atoms with Crippen LogP contribution in [-0.2, 0) is 20.6 Å². The Hall–Kier alpha value is -1.86. The van der Waals surface area contributed by atoms with Gasteiger partial charge in [0.2, 0.25) is 9.84 Å². The van der Waals surface area contributed by atoms with Crippen molar-refractivity contribution < 1.29 is 12.6 Å². The van der Waals surface area contributed by atoms with Gasteiger partial charge in [0.1, 0.15) is 0 Å².